The van der Waals surface area contributed by atoms with Crippen LogP contribution in [0.2, 0.25) is 5.02 Å². The Labute approximate surface area is 191 Å². The quantitative estimate of drug-likeness (QED) is 0.385. The molecule has 0 saturated carbocycles. The summed E-state index contributed by atoms with van der Waals surface area (Å²) in [6.07, 6.45) is 0. The van der Waals surface area contributed by atoms with Crippen molar-refractivity contribution in [3.63, 3.8) is 0 Å². The Balaban J connectivity index is 1.55. The molecule has 1 heterocycles. The molecule has 0 aliphatic carbocycles. The van der Waals surface area contributed by atoms with Gasteiger partial charge >= 0.3 is 5.97 Å². The molecule has 4 rings (SSSR count). The Bertz CT molecular complexity index is 1320. The number of aromatic nitrogens is 1. The lowest BCUT2D eigenvalue weighted by atomic mass is 10.0. The van der Waals surface area contributed by atoms with Crippen LogP contribution in [0.1, 0.15) is 21.5 Å². The van der Waals surface area contributed by atoms with E-state index in [0.29, 0.717) is 32.9 Å². The second-order valence-corrected chi connectivity index (χ2v) is 7.94. The van der Waals surface area contributed by atoms with Gasteiger partial charge in [0.2, 0.25) is 0 Å². The highest BCUT2D eigenvalue weighted by molar-refractivity contribution is 6.30. The highest BCUT2D eigenvalue weighted by Gasteiger charge is 2.17. The molecule has 0 saturated heterocycles. The fraction of sp³-hybridized carbons (Fsp3) is 0.115. The predicted molar refractivity (Wildman–Crippen MR) is 127 cm³/mol. The van der Waals surface area contributed by atoms with Crippen LogP contribution in [0.15, 0.2) is 72.8 Å². The zero-order valence-electron chi connectivity index (χ0n) is 17.7. The summed E-state index contributed by atoms with van der Waals surface area (Å²) in [7, 11) is 0. The number of para-hydroxylation sites is 1. The van der Waals surface area contributed by atoms with Crippen molar-refractivity contribution >= 4 is 40.1 Å². The number of anilines is 1. The molecule has 0 fully saturated rings. The monoisotopic (exact) mass is 444 g/mol. The van der Waals surface area contributed by atoms with E-state index >= 15 is 0 Å². The molecular weight excluding hydrogens is 424 g/mol. The Kier molecular flexibility index (Phi) is 6.19. The van der Waals surface area contributed by atoms with Gasteiger partial charge in [0.1, 0.15) is 0 Å². The lowest BCUT2D eigenvalue weighted by Gasteiger charge is -2.11. The number of aryl methyl sites for hydroxylation is 2. The van der Waals surface area contributed by atoms with Gasteiger partial charge in [0, 0.05) is 21.7 Å². The molecule has 0 bridgehead atoms. The molecule has 6 heteroatoms. The number of fused-ring (bicyclic) bond motifs is 1. The van der Waals surface area contributed by atoms with E-state index in [-0.39, 0.29) is 0 Å². The van der Waals surface area contributed by atoms with Crippen molar-refractivity contribution in [1.29, 1.82) is 0 Å². The first kappa shape index (κ1) is 21.5. The van der Waals surface area contributed by atoms with Crippen LogP contribution < -0.4 is 5.32 Å². The minimum absolute atomic E-state index is 0.347. The van der Waals surface area contributed by atoms with Crippen molar-refractivity contribution in [1.82, 2.24) is 4.98 Å². The van der Waals surface area contributed by atoms with E-state index in [4.69, 9.17) is 16.3 Å². The summed E-state index contributed by atoms with van der Waals surface area (Å²) in [5.41, 5.74) is 5.31. The number of hydrogen-bond donors (Lipinski definition) is 1. The minimum Gasteiger partial charge on any atom is -0.452 e. The van der Waals surface area contributed by atoms with Gasteiger partial charge in [-0.3, -0.25) is 4.79 Å². The van der Waals surface area contributed by atoms with Crippen LogP contribution in [0, 0.1) is 13.8 Å². The van der Waals surface area contributed by atoms with E-state index in [1.807, 2.05) is 62.4 Å². The van der Waals surface area contributed by atoms with Gasteiger partial charge in [0.15, 0.2) is 6.61 Å². The van der Waals surface area contributed by atoms with Crippen LogP contribution in [-0.2, 0) is 9.53 Å². The first-order valence-electron chi connectivity index (χ1n) is 10.1. The summed E-state index contributed by atoms with van der Waals surface area (Å²) in [6.45, 7) is 3.58. The van der Waals surface area contributed by atoms with Gasteiger partial charge in [-0.15, -0.1) is 0 Å². The summed E-state index contributed by atoms with van der Waals surface area (Å²) in [6, 6.07) is 21.8. The van der Waals surface area contributed by atoms with Gasteiger partial charge in [-0.25, -0.2) is 9.78 Å². The molecule has 5 nitrogen and oxygen atoms in total. The third-order valence-electron chi connectivity index (χ3n) is 5.20. The number of ether oxygens (including phenoxy) is 1. The van der Waals surface area contributed by atoms with Gasteiger partial charge in [-0.1, -0.05) is 48.0 Å². The second-order valence-electron chi connectivity index (χ2n) is 7.50. The average molecular weight is 445 g/mol. The van der Waals surface area contributed by atoms with E-state index in [1.165, 1.54) is 0 Å². The number of benzene rings is 3. The maximum Gasteiger partial charge on any atom is 0.339 e. The predicted octanol–water partition coefficient (Wildman–Crippen LogP) is 5.97. The van der Waals surface area contributed by atoms with Crippen molar-refractivity contribution in [2.75, 3.05) is 11.9 Å². The SMILES string of the molecule is Cc1ccc(NC(=O)COC(=O)c2cc(-c3ccc(Cl)cc3)nc3ccccc23)cc1C. The standard InChI is InChI=1S/C26H21ClN2O3/c1-16-7-12-20(13-17(16)2)28-25(30)15-32-26(31)22-14-24(18-8-10-19(27)11-9-18)29-23-6-4-3-5-21(22)23/h3-14H,15H2,1-2H3,(H,28,30). The number of carbonyl (C=O) groups excluding carboxylic acids is 2. The fourth-order valence-corrected chi connectivity index (χ4v) is 3.46. The van der Waals surface area contributed by atoms with Crippen LogP contribution in [0.5, 0.6) is 0 Å². The van der Waals surface area contributed by atoms with Crippen molar-refractivity contribution in [2.45, 2.75) is 13.8 Å². The van der Waals surface area contributed by atoms with Crippen molar-refractivity contribution in [3.05, 3.63) is 94.5 Å². The smallest absolute Gasteiger partial charge is 0.339 e. The molecule has 0 aliphatic rings. The molecule has 1 amide bonds. The maximum atomic E-state index is 12.9. The van der Waals surface area contributed by atoms with Crippen LogP contribution in [0.25, 0.3) is 22.2 Å². The maximum absolute atomic E-state index is 12.9. The summed E-state index contributed by atoms with van der Waals surface area (Å²) in [5, 5.41) is 4.03. The number of rotatable bonds is 5. The highest BCUT2D eigenvalue weighted by atomic mass is 35.5. The number of nitrogens with one attached hydrogen (secondary N) is 1. The zero-order chi connectivity index (χ0) is 22.7. The number of nitrogens with zero attached hydrogens (tertiary/aromatic N) is 1. The van der Waals surface area contributed by atoms with Crippen molar-refractivity contribution in [2.24, 2.45) is 0 Å². The number of hydrogen-bond acceptors (Lipinski definition) is 4. The lowest BCUT2D eigenvalue weighted by Crippen LogP contribution is -2.21. The van der Waals surface area contributed by atoms with E-state index in [1.54, 1.807) is 24.3 Å². The molecule has 0 spiro atoms. The Hall–Kier alpha value is -3.70. The van der Waals surface area contributed by atoms with E-state index in [2.05, 4.69) is 10.3 Å². The number of carbonyl (C=O) groups is 2. The second kappa shape index (κ2) is 9.20. The first-order chi connectivity index (χ1) is 15.4. The molecule has 160 valence electrons. The van der Waals surface area contributed by atoms with Gasteiger partial charge in [-0.2, -0.15) is 0 Å². The number of amides is 1. The topological polar surface area (TPSA) is 68.3 Å². The molecule has 1 aromatic heterocycles. The van der Waals surface area contributed by atoms with E-state index < -0.39 is 18.5 Å². The van der Waals surface area contributed by atoms with Gasteiger partial charge < -0.3 is 10.1 Å². The Morgan fingerprint density at radius 2 is 1.69 bits per heavy atom. The summed E-state index contributed by atoms with van der Waals surface area (Å²) < 4.78 is 5.33. The third-order valence-corrected chi connectivity index (χ3v) is 5.45. The molecule has 0 radical (unpaired) electrons. The summed E-state index contributed by atoms with van der Waals surface area (Å²) in [4.78, 5) is 29.9. The molecule has 0 atom stereocenters. The molecule has 3 aromatic carbocycles. The number of halogens is 1. The highest BCUT2D eigenvalue weighted by Crippen LogP contribution is 2.26. The fourth-order valence-electron chi connectivity index (χ4n) is 3.34. The third kappa shape index (κ3) is 4.79. The lowest BCUT2D eigenvalue weighted by molar-refractivity contribution is -0.119. The van der Waals surface area contributed by atoms with Crippen LogP contribution in [0.4, 0.5) is 5.69 Å². The van der Waals surface area contributed by atoms with Crippen LogP contribution in [0.3, 0.4) is 0 Å². The minimum atomic E-state index is -0.589. The van der Waals surface area contributed by atoms with Gasteiger partial charge in [-0.05, 0) is 61.4 Å². The molecular formula is C26H21ClN2O3. The summed E-state index contributed by atoms with van der Waals surface area (Å²) in [5.74, 6) is -0.994. The molecule has 0 aliphatic heterocycles. The number of pyridine rings is 1. The van der Waals surface area contributed by atoms with E-state index in [0.717, 1.165) is 16.7 Å². The normalized spacial score (nSPS) is 10.7. The van der Waals surface area contributed by atoms with Crippen molar-refractivity contribution < 1.29 is 14.3 Å². The van der Waals surface area contributed by atoms with Gasteiger partial charge in [0.05, 0.1) is 16.8 Å². The number of esters is 1. The van der Waals surface area contributed by atoms with Gasteiger partial charge in [0.25, 0.3) is 5.91 Å². The van der Waals surface area contributed by atoms with E-state index in [9.17, 15) is 9.59 Å². The van der Waals surface area contributed by atoms with Crippen molar-refractivity contribution in [3.8, 4) is 11.3 Å². The Morgan fingerprint density at radius 3 is 2.44 bits per heavy atom. The molecule has 0 unspecified atom stereocenters. The Morgan fingerprint density at radius 1 is 0.938 bits per heavy atom. The summed E-state index contributed by atoms with van der Waals surface area (Å²) >= 11 is 5.99. The average Bonchev–Trinajstić information content (AvgIpc) is 2.79. The first-order valence-corrected chi connectivity index (χ1v) is 10.5. The van der Waals surface area contributed by atoms with Crippen LogP contribution in [-0.4, -0.2) is 23.5 Å². The molecule has 1 N–H and O–H groups in total. The van der Waals surface area contributed by atoms with Crippen LogP contribution >= 0.6 is 11.6 Å². The molecule has 32 heavy (non-hydrogen) atoms. The zero-order valence-corrected chi connectivity index (χ0v) is 18.4. The largest absolute Gasteiger partial charge is 0.452 e. The molecule has 4 aromatic rings.